The van der Waals surface area contributed by atoms with Gasteiger partial charge in [-0.3, -0.25) is 14.2 Å². The molecule has 0 unspecified atom stereocenters. The number of nitrogens with one attached hydrogen (secondary N) is 1. The Bertz CT molecular complexity index is 1490. The fourth-order valence-corrected chi connectivity index (χ4v) is 4.43. The Morgan fingerprint density at radius 2 is 1.77 bits per heavy atom. The zero-order valence-electron chi connectivity index (χ0n) is 21.0. The summed E-state index contributed by atoms with van der Waals surface area (Å²) >= 11 is 6.04. The van der Waals surface area contributed by atoms with Gasteiger partial charge < -0.3 is 14.8 Å². The summed E-state index contributed by atoms with van der Waals surface area (Å²) in [5.74, 6) is 0.576. The van der Waals surface area contributed by atoms with Crippen LogP contribution in [-0.2, 0) is 22.5 Å². The normalized spacial score (nSPS) is 13.7. The highest BCUT2D eigenvalue weighted by molar-refractivity contribution is 6.30. The molecule has 10 heteroatoms. The number of ether oxygens (including phenoxy) is 2. The Kier molecular flexibility index (Phi) is 8.29. The second-order valence-electron chi connectivity index (χ2n) is 9.22. The molecule has 0 radical (unpaired) electrons. The van der Waals surface area contributed by atoms with Crippen LogP contribution in [0.25, 0.3) is 0 Å². The highest BCUT2D eigenvalue weighted by atomic mass is 35.5. The number of hydrogen-bond donors (Lipinski definition) is 1. The molecule has 0 bridgehead atoms. The second-order valence-corrected chi connectivity index (χ2v) is 9.66. The highest BCUT2D eigenvalue weighted by Crippen LogP contribution is 2.24. The van der Waals surface area contributed by atoms with Gasteiger partial charge in [-0.25, -0.2) is 14.4 Å². The van der Waals surface area contributed by atoms with E-state index in [2.05, 4.69) is 15.3 Å². The third kappa shape index (κ3) is 6.87. The first-order valence-corrected chi connectivity index (χ1v) is 12.9. The molecule has 1 aliphatic heterocycles. The molecule has 3 heterocycles. The molecule has 2 aromatic heterocycles. The van der Waals surface area contributed by atoms with Crippen LogP contribution in [0, 0.1) is 11.7 Å². The minimum Gasteiger partial charge on any atom is -0.439 e. The van der Waals surface area contributed by atoms with E-state index in [9.17, 15) is 14.0 Å². The second kappa shape index (κ2) is 12.2. The molecule has 1 fully saturated rings. The van der Waals surface area contributed by atoms with Crippen molar-refractivity contribution in [3.63, 3.8) is 0 Å². The maximum atomic E-state index is 13.6. The van der Waals surface area contributed by atoms with E-state index in [0.29, 0.717) is 54.0 Å². The Hall–Kier alpha value is -4.08. The molecule has 0 atom stereocenters. The highest BCUT2D eigenvalue weighted by Gasteiger charge is 2.23. The molecule has 1 saturated heterocycles. The van der Waals surface area contributed by atoms with Gasteiger partial charge in [0.15, 0.2) is 0 Å². The van der Waals surface area contributed by atoms with Gasteiger partial charge in [0.25, 0.3) is 5.56 Å². The topological polar surface area (TPSA) is 95.3 Å². The Balaban J connectivity index is 1.38. The maximum absolute atomic E-state index is 13.6. The van der Waals surface area contributed by atoms with Crippen molar-refractivity contribution >= 4 is 29.0 Å². The molecule has 2 aromatic carbocycles. The molecular weight excluding hydrogens is 523 g/mol. The Morgan fingerprint density at radius 1 is 1.03 bits per heavy atom. The van der Waals surface area contributed by atoms with E-state index in [1.807, 2.05) is 12.1 Å². The van der Waals surface area contributed by atoms with Crippen molar-refractivity contribution in [2.24, 2.45) is 5.92 Å². The number of hydrogen-bond acceptors (Lipinski definition) is 7. The van der Waals surface area contributed by atoms with Gasteiger partial charge in [-0.15, -0.1) is 0 Å². The van der Waals surface area contributed by atoms with Gasteiger partial charge in [-0.2, -0.15) is 0 Å². The third-order valence-corrected chi connectivity index (χ3v) is 6.70. The minimum absolute atomic E-state index is 0.0286. The average Bonchev–Trinajstić information content (AvgIpc) is 2.96. The van der Waals surface area contributed by atoms with Gasteiger partial charge in [-0.05, 0) is 60.9 Å². The van der Waals surface area contributed by atoms with E-state index in [-0.39, 0.29) is 36.1 Å². The molecule has 0 spiro atoms. The quantitative estimate of drug-likeness (QED) is 0.293. The van der Waals surface area contributed by atoms with Crippen molar-refractivity contribution in [2.75, 3.05) is 18.5 Å². The van der Waals surface area contributed by atoms with E-state index in [0.717, 1.165) is 11.8 Å². The van der Waals surface area contributed by atoms with E-state index < -0.39 is 5.82 Å². The number of carbonyl (C=O) groups is 1. The van der Waals surface area contributed by atoms with Gasteiger partial charge in [0.2, 0.25) is 11.8 Å². The van der Waals surface area contributed by atoms with Crippen LogP contribution >= 0.6 is 11.6 Å². The lowest BCUT2D eigenvalue weighted by Crippen LogP contribution is -2.31. The smallest absolute Gasteiger partial charge is 0.258 e. The van der Waals surface area contributed by atoms with Crippen LogP contribution in [0.15, 0.2) is 77.9 Å². The predicted octanol–water partition coefficient (Wildman–Crippen LogP) is 5.55. The molecule has 0 saturated carbocycles. The lowest BCUT2D eigenvalue weighted by molar-refractivity contribution is -0.125. The molecule has 39 heavy (non-hydrogen) atoms. The minimum atomic E-state index is -0.446. The van der Waals surface area contributed by atoms with E-state index >= 15 is 0 Å². The molecule has 1 N–H and O–H groups in total. The molecule has 0 aliphatic carbocycles. The van der Waals surface area contributed by atoms with Crippen molar-refractivity contribution in [1.82, 2.24) is 14.5 Å². The Labute approximate surface area is 229 Å². The summed E-state index contributed by atoms with van der Waals surface area (Å²) in [6.45, 7) is 1.35. The number of aromatic nitrogens is 3. The summed E-state index contributed by atoms with van der Waals surface area (Å²) in [6, 6.07) is 16.9. The number of ketones is 1. The Morgan fingerprint density at radius 3 is 2.46 bits per heavy atom. The molecule has 1 aliphatic rings. The van der Waals surface area contributed by atoms with Gasteiger partial charge in [0.1, 0.15) is 17.3 Å². The standard InChI is InChI=1S/C29H26ClFN4O4/c30-22-3-1-19(2-4-22)18-35-28(37)21(15-26(36)20-11-13-38-14-12-20)16-33-29(35)34-24-6-8-25(9-7-24)39-27-10-5-23(31)17-32-27/h1-10,16-17,20H,11-15,18H2,(H,33,34). The molecule has 8 nitrogen and oxygen atoms in total. The average molecular weight is 549 g/mol. The first kappa shape index (κ1) is 26.5. The van der Waals surface area contributed by atoms with Crippen molar-refractivity contribution in [3.05, 3.63) is 105 Å². The van der Waals surface area contributed by atoms with Crippen LogP contribution in [0.4, 0.5) is 16.0 Å². The monoisotopic (exact) mass is 548 g/mol. The van der Waals surface area contributed by atoms with Crippen LogP contribution in [0.1, 0.15) is 24.0 Å². The zero-order chi connectivity index (χ0) is 27.2. The van der Waals surface area contributed by atoms with Gasteiger partial charge in [0, 0.05) is 54.1 Å². The zero-order valence-corrected chi connectivity index (χ0v) is 21.7. The van der Waals surface area contributed by atoms with Gasteiger partial charge >= 0.3 is 0 Å². The molecule has 200 valence electrons. The lowest BCUT2D eigenvalue weighted by atomic mass is 9.92. The number of rotatable bonds is 9. The number of pyridine rings is 1. The summed E-state index contributed by atoms with van der Waals surface area (Å²) in [6.07, 6.45) is 3.92. The summed E-state index contributed by atoms with van der Waals surface area (Å²) in [4.78, 5) is 34.9. The van der Waals surface area contributed by atoms with Crippen LogP contribution in [0.5, 0.6) is 11.6 Å². The van der Waals surface area contributed by atoms with Gasteiger partial charge in [0.05, 0.1) is 12.7 Å². The summed E-state index contributed by atoms with van der Waals surface area (Å²) in [5, 5.41) is 3.79. The van der Waals surface area contributed by atoms with Crippen LogP contribution in [0.3, 0.4) is 0 Å². The summed E-state index contributed by atoms with van der Waals surface area (Å²) < 4.78 is 25.6. The van der Waals surface area contributed by atoms with Crippen molar-refractivity contribution in [1.29, 1.82) is 0 Å². The largest absolute Gasteiger partial charge is 0.439 e. The fourth-order valence-electron chi connectivity index (χ4n) is 4.30. The molecule has 5 rings (SSSR count). The summed E-state index contributed by atoms with van der Waals surface area (Å²) in [5.41, 5.74) is 1.58. The number of anilines is 2. The number of benzene rings is 2. The van der Waals surface area contributed by atoms with Crippen molar-refractivity contribution < 1.29 is 18.7 Å². The van der Waals surface area contributed by atoms with Crippen LogP contribution < -0.4 is 15.6 Å². The van der Waals surface area contributed by atoms with Gasteiger partial charge in [-0.1, -0.05) is 23.7 Å². The molecule has 0 amide bonds. The summed E-state index contributed by atoms with van der Waals surface area (Å²) in [7, 11) is 0. The van der Waals surface area contributed by atoms with E-state index in [1.54, 1.807) is 36.4 Å². The number of nitrogens with zero attached hydrogens (tertiary/aromatic N) is 3. The van der Waals surface area contributed by atoms with Crippen LogP contribution in [0.2, 0.25) is 5.02 Å². The number of carbonyl (C=O) groups excluding carboxylic acids is 1. The fraction of sp³-hybridized carbons (Fsp3) is 0.241. The molecular formula is C29H26ClFN4O4. The molecule has 4 aromatic rings. The third-order valence-electron chi connectivity index (χ3n) is 6.45. The van der Waals surface area contributed by atoms with E-state index in [4.69, 9.17) is 21.1 Å². The lowest BCUT2D eigenvalue weighted by Gasteiger charge is -2.21. The first-order valence-electron chi connectivity index (χ1n) is 12.5. The SMILES string of the molecule is O=C(Cc1cnc(Nc2ccc(Oc3ccc(F)cn3)cc2)n(Cc2ccc(Cl)cc2)c1=O)C1CCOCC1. The van der Waals surface area contributed by atoms with Crippen molar-refractivity contribution in [2.45, 2.75) is 25.8 Å². The van der Waals surface area contributed by atoms with E-state index in [1.165, 1.54) is 22.9 Å². The van der Waals surface area contributed by atoms with Crippen LogP contribution in [-0.4, -0.2) is 33.5 Å². The number of halogens is 2. The first-order chi connectivity index (χ1) is 18.9. The number of Topliss-reactive ketones (excluding diaryl/α,β-unsaturated/α-hetero) is 1. The predicted molar refractivity (Wildman–Crippen MR) is 145 cm³/mol. The van der Waals surface area contributed by atoms with Crippen molar-refractivity contribution in [3.8, 4) is 11.6 Å². The maximum Gasteiger partial charge on any atom is 0.258 e.